The van der Waals surface area contributed by atoms with E-state index in [0.29, 0.717) is 24.0 Å². The molecule has 7 nitrogen and oxygen atoms in total. The first-order valence-electron chi connectivity index (χ1n) is 9.34. The molecule has 1 aliphatic heterocycles. The molecule has 2 heterocycles. The predicted octanol–water partition coefficient (Wildman–Crippen LogP) is 1.49. The fourth-order valence-corrected chi connectivity index (χ4v) is 5.50. The van der Waals surface area contributed by atoms with Gasteiger partial charge in [-0.1, -0.05) is 23.9 Å². The third-order valence-electron chi connectivity index (χ3n) is 5.40. The van der Waals surface area contributed by atoms with Crippen LogP contribution in [0.25, 0.3) is 0 Å². The van der Waals surface area contributed by atoms with E-state index < -0.39 is 30.1 Å². The second-order valence-corrected chi connectivity index (χ2v) is 8.45. The normalized spacial score (nSPS) is 30.5. The summed E-state index contributed by atoms with van der Waals surface area (Å²) in [6, 6.07) is 9.11. The van der Waals surface area contributed by atoms with Gasteiger partial charge in [-0.3, -0.25) is 9.79 Å². The minimum atomic E-state index is -1.06. The van der Waals surface area contributed by atoms with Crippen LogP contribution < -0.4 is 5.73 Å². The average Bonchev–Trinajstić information content (AvgIpc) is 3.33. The predicted molar refractivity (Wildman–Crippen MR) is 106 cm³/mol. The van der Waals surface area contributed by atoms with Crippen molar-refractivity contribution in [2.75, 3.05) is 0 Å². The fourth-order valence-electron chi connectivity index (χ4n) is 3.94. The molecular weight excluding hydrogens is 397 g/mol. The Hall–Kier alpha value is -2.36. The van der Waals surface area contributed by atoms with Gasteiger partial charge in [-0.2, -0.15) is 0 Å². The van der Waals surface area contributed by atoms with Gasteiger partial charge in [0.15, 0.2) is 5.17 Å². The lowest BCUT2D eigenvalue weighted by Crippen LogP contribution is -2.58. The molecule has 1 saturated heterocycles. The standard InChI is InChI=1S/C20H22FN3O4S/c21-12-5-3-11(4-6-12)10-24-16-17(26)15(25)8-14(19(22)27)18(16)29-20(24)23-9-13-2-1-7-28-13/h1-7,14-18,25-26H,8-10H2,(H2,22,27)/t14-,15+,16+,17-,18+/m0/s1. The monoisotopic (exact) mass is 419 g/mol. The first-order valence-corrected chi connectivity index (χ1v) is 10.2. The van der Waals surface area contributed by atoms with Gasteiger partial charge < -0.3 is 25.3 Å². The second-order valence-electron chi connectivity index (χ2n) is 7.31. The molecule has 0 unspecified atom stereocenters. The van der Waals surface area contributed by atoms with Crippen LogP contribution in [0.1, 0.15) is 17.7 Å². The number of carbonyl (C=O) groups excluding carboxylic acids is 1. The van der Waals surface area contributed by atoms with E-state index in [9.17, 15) is 19.4 Å². The lowest BCUT2D eigenvalue weighted by molar-refractivity contribution is -0.128. The van der Waals surface area contributed by atoms with Crippen LogP contribution in [0.4, 0.5) is 4.39 Å². The van der Waals surface area contributed by atoms with E-state index in [1.807, 2.05) is 11.0 Å². The zero-order valence-electron chi connectivity index (χ0n) is 15.5. The van der Waals surface area contributed by atoms with Gasteiger partial charge in [0.25, 0.3) is 0 Å². The number of halogens is 1. The van der Waals surface area contributed by atoms with Crippen molar-refractivity contribution in [3.8, 4) is 0 Å². The molecule has 1 aliphatic carbocycles. The molecular formula is C20H22FN3O4S. The third kappa shape index (κ3) is 4.03. The number of furan rings is 1. The highest BCUT2D eigenvalue weighted by atomic mass is 32.2. The number of hydrogen-bond acceptors (Lipinski definition) is 6. The Bertz CT molecular complexity index is 890. The van der Waals surface area contributed by atoms with E-state index in [0.717, 1.165) is 5.56 Å². The van der Waals surface area contributed by atoms with Gasteiger partial charge in [0.2, 0.25) is 5.91 Å². The van der Waals surface area contributed by atoms with Crippen molar-refractivity contribution in [3.63, 3.8) is 0 Å². The molecule has 9 heteroatoms. The van der Waals surface area contributed by atoms with Gasteiger partial charge in [-0.15, -0.1) is 0 Å². The van der Waals surface area contributed by atoms with E-state index in [4.69, 9.17) is 10.2 Å². The SMILES string of the molecule is NC(=O)[C@H]1C[C@@H](O)[C@H](O)[C@@H]2[C@@H]1SC(=NCc1ccco1)N2Cc1ccc(F)cc1. The molecule has 2 aromatic rings. The van der Waals surface area contributed by atoms with E-state index in [-0.39, 0.29) is 17.5 Å². The Morgan fingerprint density at radius 2 is 2.07 bits per heavy atom. The molecule has 1 aromatic heterocycles. The van der Waals surface area contributed by atoms with E-state index in [1.165, 1.54) is 23.9 Å². The molecule has 154 valence electrons. The number of hydrogen-bond donors (Lipinski definition) is 3. The smallest absolute Gasteiger partial charge is 0.221 e. The highest BCUT2D eigenvalue weighted by molar-refractivity contribution is 8.14. The van der Waals surface area contributed by atoms with Gasteiger partial charge >= 0.3 is 0 Å². The number of aliphatic hydroxyl groups is 2. The summed E-state index contributed by atoms with van der Waals surface area (Å²) in [5, 5.41) is 21.3. The minimum absolute atomic E-state index is 0.112. The summed E-state index contributed by atoms with van der Waals surface area (Å²) >= 11 is 1.38. The van der Waals surface area contributed by atoms with Crippen LogP contribution in [0, 0.1) is 11.7 Å². The summed E-state index contributed by atoms with van der Waals surface area (Å²) < 4.78 is 18.6. The van der Waals surface area contributed by atoms with Gasteiger partial charge in [-0.25, -0.2) is 4.39 Å². The first kappa shape index (κ1) is 19.9. The fraction of sp³-hybridized carbons (Fsp3) is 0.400. The first-order chi connectivity index (χ1) is 13.9. The van der Waals surface area contributed by atoms with Crippen molar-refractivity contribution >= 4 is 22.8 Å². The van der Waals surface area contributed by atoms with Crippen molar-refractivity contribution in [3.05, 3.63) is 59.8 Å². The Kier molecular flexibility index (Phi) is 5.62. The van der Waals surface area contributed by atoms with Crippen LogP contribution in [0.3, 0.4) is 0 Å². The van der Waals surface area contributed by atoms with Crippen LogP contribution >= 0.6 is 11.8 Å². The second kappa shape index (κ2) is 8.17. The summed E-state index contributed by atoms with van der Waals surface area (Å²) in [7, 11) is 0. The highest BCUT2D eigenvalue weighted by Crippen LogP contribution is 2.44. The number of nitrogens with zero attached hydrogens (tertiary/aromatic N) is 2. The third-order valence-corrected chi connectivity index (χ3v) is 6.86. The molecule has 0 spiro atoms. The molecule has 2 aliphatic rings. The van der Waals surface area contributed by atoms with Crippen LogP contribution in [-0.4, -0.2) is 49.7 Å². The molecule has 0 radical (unpaired) electrons. The maximum atomic E-state index is 13.3. The Morgan fingerprint density at radius 1 is 1.31 bits per heavy atom. The molecule has 1 aromatic carbocycles. The molecule has 4 N–H and O–H groups in total. The van der Waals surface area contributed by atoms with Crippen molar-refractivity contribution in [1.29, 1.82) is 0 Å². The number of nitrogens with two attached hydrogens (primary N) is 1. The van der Waals surface area contributed by atoms with E-state index >= 15 is 0 Å². The van der Waals surface area contributed by atoms with Crippen LogP contribution in [0.2, 0.25) is 0 Å². The highest BCUT2D eigenvalue weighted by Gasteiger charge is 2.54. The Morgan fingerprint density at radius 3 is 2.72 bits per heavy atom. The number of aliphatic hydroxyl groups excluding tert-OH is 2. The minimum Gasteiger partial charge on any atom is -0.467 e. The lowest BCUT2D eigenvalue weighted by Gasteiger charge is -2.41. The Labute approximate surface area is 171 Å². The lowest BCUT2D eigenvalue weighted by atomic mass is 9.80. The van der Waals surface area contributed by atoms with Gasteiger partial charge in [0, 0.05) is 11.8 Å². The number of aliphatic imine (C=N–C) groups is 1. The average molecular weight is 419 g/mol. The summed E-state index contributed by atoms with van der Waals surface area (Å²) in [5.74, 6) is -0.749. The van der Waals surface area contributed by atoms with Gasteiger partial charge in [-0.05, 0) is 36.2 Å². The number of rotatable bonds is 5. The summed E-state index contributed by atoms with van der Waals surface area (Å²) in [4.78, 5) is 18.5. The van der Waals surface area contributed by atoms with Crippen molar-refractivity contribution in [2.24, 2.45) is 16.6 Å². The number of fused-ring (bicyclic) bond motifs is 1. The van der Waals surface area contributed by atoms with Crippen molar-refractivity contribution in [1.82, 2.24) is 4.90 Å². The molecule has 29 heavy (non-hydrogen) atoms. The molecule has 2 fully saturated rings. The van der Waals surface area contributed by atoms with E-state index in [2.05, 4.69) is 4.99 Å². The largest absolute Gasteiger partial charge is 0.467 e. The van der Waals surface area contributed by atoms with Crippen LogP contribution in [0.15, 0.2) is 52.1 Å². The summed E-state index contributed by atoms with van der Waals surface area (Å²) in [6.07, 6.45) is -0.439. The molecule has 1 saturated carbocycles. The van der Waals surface area contributed by atoms with Crippen LogP contribution in [0.5, 0.6) is 0 Å². The molecule has 5 atom stereocenters. The zero-order chi connectivity index (χ0) is 20.5. The van der Waals surface area contributed by atoms with Crippen molar-refractivity contribution < 1.29 is 23.8 Å². The number of thioether (sulfide) groups is 1. The summed E-state index contributed by atoms with van der Waals surface area (Å²) in [6.45, 7) is 0.648. The van der Waals surface area contributed by atoms with E-state index in [1.54, 1.807) is 24.5 Å². The number of benzene rings is 1. The molecule has 1 amide bonds. The van der Waals surface area contributed by atoms with Gasteiger partial charge in [0.05, 0.1) is 30.9 Å². The topological polar surface area (TPSA) is 112 Å². The quantitative estimate of drug-likeness (QED) is 0.677. The number of amides is 1. The summed E-state index contributed by atoms with van der Waals surface area (Å²) in [5.41, 5.74) is 6.40. The number of primary amides is 1. The molecule has 0 bridgehead atoms. The maximum Gasteiger partial charge on any atom is 0.221 e. The van der Waals surface area contributed by atoms with Crippen LogP contribution in [-0.2, 0) is 17.9 Å². The zero-order valence-corrected chi connectivity index (χ0v) is 16.3. The number of amidine groups is 1. The molecule has 4 rings (SSSR count). The Balaban J connectivity index is 1.67. The van der Waals surface area contributed by atoms with Crippen molar-refractivity contribution in [2.45, 2.75) is 43.0 Å². The van der Waals surface area contributed by atoms with Gasteiger partial charge in [0.1, 0.15) is 17.7 Å². The number of carbonyl (C=O) groups is 1. The maximum absolute atomic E-state index is 13.3.